The Labute approximate surface area is 211 Å². The van der Waals surface area contributed by atoms with E-state index in [-0.39, 0.29) is 29.4 Å². The Balaban J connectivity index is 1.51. The Bertz CT molecular complexity index is 1030. The van der Waals surface area contributed by atoms with Gasteiger partial charge in [0.1, 0.15) is 30.1 Å². The van der Waals surface area contributed by atoms with Crippen molar-refractivity contribution in [3.8, 4) is 17.2 Å². The lowest BCUT2D eigenvalue weighted by atomic mass is 10.0. The van der Waals surface area contributed by atoms with Gasteiger partial charge in [-0.15, -0.1) is 0 Å². The number of nitrogens with one attached hydrogen (secondary N) is 1. The largest absolute Gasteiger partial charge is 0.503 e. The maximum atomic E-state index is 13.1. The van der Waals surface area contributed by atoms with Crippen LogP contribution in [0.4, 0.5) is 0 Å². The minimum Gasteiger partial charge on any atom is -0.503 e. The van der Waals surface area contributed by atoms with Crippen LogP contribution in [0.3, 0.4) is 0 Å². The number of esters is 1. The van der Waals surface area contributed by atoms with E-state index in [1.807, 2.05) is 30.3 Å². The molecule has 2 heterocycles. The molecule has 1 aromatic carbocycles. The standard InChI is InChI=1S/C27H34N2O7/c1-17-25(36-19-11-6-7-12-19)22(35-18-9-4-3-5-10-18)14-8-13-20(27(32)34-17)29-26(31)23-24(30)21(33-2)15-16-28-23/h3-5,9-10,15-17,19-20,22,25,30H,6-8,11-14H2,1-2H3,(H,29,31)/t17-,20-,22-,25-/m0/s1. The van der Waals surface area contributed by atoms with Crippen molar-refractivity contribution in [3.63, 3.8) is 0 Å². The van der Waals surface area contributed by atoms with Crippen LogP contribution in [0.5, 0.6) is 17.2 Å². The molecule has 9 heteroatoms. The molecule has 2 N–H and O–H groups in total. The van der Waals surface area contributed by atoms with E-state index >= 15 is 0 Å². The molecule has 4 atom stereocenters. The molecule has 36 heavy (non-hydrogen) atoms. The van der Waals surface area contributed by atoms with Crippen LogP contribution in [0.25, 0.3) is 0 Å². The smallest absolute Gasteiger partial charge is 0.329 e. The molecule has 0 radical (unpaired) electrons. The Morgan fingerprint density at radius 3 is 2.56 bits per heavy atom. The summed E-state index contributed by atoms with van der Waals surface area (Å²) in [5.74, 6) is -0.781. The number of para-hydroxylation sites is 1. The summed E-state index contributed by atoms with van der Waals surface area (Å²) in [6.45, 7) is 1.80. The molecule has 2 aromatic rings. The SMILES string of the molecule is COc1ccnc(C(=O)N[C@H]2CCC[C@H](Oc3ccccc3)[C@@H](OC3CCCC3)[C@H](C)OC2=O)c1O. The lowest BCUT2D eigenvalue weighted by molar-refractivity contribution is -0.168. The molecular formula is C27H34N2O7. The van der Waals surface area contributed by atoms with E-state index in [0.29, 0.717) is 19.3 Å². The van der Waals surface area contributed by atoms with E-state index in [1.165, 1.54) is 19.4 Å². The number of ether oxygens (including phenoxy) is 4. The number of hydrogen-bond donors (Lipinski definition) is 2. The summed E-state index contributed by atoms with van der Waals surface area (Å²) >= 11 is 0. The van der Waals surface area contributed by atoms with Gasteiger partial charge in [-0.3, -0.25) is 4.79 Å². The second kappa shape index (κ2) is 12.1. The third-order valence-electron chi connectivity index (χ3n) is 6.71. The fourth-order valence-corrected chi connectivity index (χ4v) is 4.81. The molecule has 1 aromatic heterocycles. The first kappa shape index (κ1) is 25.8. The van der Waals surface area contributed by atoms with Crippen molar-refractivity contribution < 1.29 is 33.6 Å². The van der Waals surface area contributed by atoms with Crippen molar-refractivity contribution in [1.29, 1.82) is 0 Å². The van der Waals surface area contributed by atoms with Crippen molar-refractivity contribution in [2.75, 3.05) is 7.11 Å². The van der Waals surface area contributed by atoms with Gasteiger partial charge in [0.05, 0.1) is 13.2 Å². The quantitative estimate of drug-likeness (QED) is 0.554. The molecule has 1 saturated carbocycles. The van der Waals surface area contributed by atoms with E-state index in [4.69, 9.17) is 18.9 Å². The Hall–Kier alpha value is -3.33. The van der Waals surface area contributed by atoms with Crippen LogP contribution >= 0.6 is 0 Å². The fourth-order valence-electron chi connectivity index (χ4n) is 4.81. The van der Waals surface area contributed by atoms with Crippen molar-refractivity contribution in [3.05, 3.63) is 48.3 Å². The molecule has 1 saturated heterocycles. The monoisotopic (exact) mass is 498 g/mol. The van der Waals surface area contributed by atoms with E-state index < -0.39 is 30.1 Å². The summed E-state index contributed by atoms with van der Waals surface area (Å²) in [5, 5.41) is 13.0. The summed E-state index contributed by atoms with van der Waals surface area (Å²) < 4.78 is 23.7. The maximum Gasteiger partial charge on any atom is 0.329 e. The second-order valence-electron chi connectivity index (χ2n) is 9.29. The number of carbonyl (C=O) groups excluding carboxylic acids is 2. The average molecular weight is 499 g/mol. The number of pyridine rings is 1. The first-order valence-corrected chi connectivity index (χ1v) is 12.6. The number of hydrogen-bond acceptors (Lipinski definition) is 8. The zero-order valence-electron chi connectivity index (χ0n) is 20.7. The number of cyclic esters (lactones) is 1. The number of aromatic hydroxyl groups is 1. The normalized spacial score (nSPS) is 25.2. The predicted octanol–water partition coefficient (Wildman–Crippen LogP) is 3.79. The van der Waals surface area contributed by atoms with E-state index in [1.54, 1.807) is 6.92 Å². The highest BCUT2D eigenvalue weighted by atomic mass is 16.6. The third-order valence-corrected chi connectivity index (χ3v) is 6.71. The molecule has 4 rings (SSSR count). The van der Waals surface area contributed by atoms with Crippen LogP contribution in [0, 0.1) is 0 Å². The van der Waals surface area contributed by atoms with Crippen molar-refractivity contribution in [2.45, 2.75) is 82.3 Å². The van der Waals surface area contributed by atoms with E-state index in [2.05, 4.69) is 10.3 Å². The number of rotatable bonds is 7. The highest BCUT2D eigenvalue weighted by molar-refractivity contribution is 5.97. The average Bonchev–Trinajstić information content (AvgIpc) is 3.40. The molecular weight excluding hydrogens is 464 g/mol. The molecule has 2 fully saturated rings. The number of aromatic nitrogens is 1. The van der Waals surface area contributed by atoms with Crippen molar-refractivity contribution in [1.82, 2.24) is 10.3 Å². The van der Waals surface area contributed by atoms with Gasteiger partial charge in [0.25, 0.3) is 5.91 Å². The Kier molecular flexibility index (Phi) is 8.64. The van der Waals surface area contributed by atoms with Gasteiger partial charge in [-0.05, 0) is 51.2 Å². The molecule has 0 bridgehead atoms. The molecule has 1 amide bonds. The topological polar surface area (TPSA) is 116 Å². The Morgan fingerprint density at radius 2 is 1.83 bits per heavy atom. The van der Waals surface area contributed by atoms with Crippen LogP contribution in [-0.4, -0.2) is 59.5 Å². The zero-order valence-corrected chi connectivity index (χ0v) is 20.7. The number of benzene rings is 1. The summed E-state index contributed by atoms with van der Waals surface area (Å²) in [6, 6.07) is 10.1. The first-order valence-electron chi connectivity index (χ1n) is 12.6. The second-order valence-corrected chi connectivity index (χ2v) is 9.29. The summed E-state index contributed by atoms with van der Waals surface area (Å²) in [5.41, 5.74) is -0.220. The number of methoxy groups -OCH3 is 1. The van der Waals surface area contributed by atoms with Crippen LogP contribution in [-0.2, 0) is 14.3 Å². The van der Waals surface area contributed by atoms with Gasteiger partial charge in [-0.1, -0.05) is 31.0 Å². The van der Waals surface area contributed by atoms with Gasteiger partial charge in [-0.25, -0.2) is 9.78 Å². The first-order chi connectivity index (χ1) is 17.5. The molecule has 194 valence electrons. The number of amides is 1. The molecule has 2 aliphatic rings. The van der Waals surface area contributed by atoms with Gasteiger partial charge in [0, 0.05) is 12.3 Å². The van der Waals surface area contributed by atoms with Gasteiger partial charge in [0.2, 0.25) is 0 Å². The third kappa shape index (κ3) is 6.26. The molecule has 0 unspecified atom stereocenters. The lowest BCUT2D eigenvalue weighted by Gasteiger charge is -2.33. The minimum atomic E-state index is -0.907. The van der Waals surface area contributed by atoms with E-state index in [0.717, 1.165) is 31.4 Å². The van der Waals surface area contributed by atoms with E-state index in [9.17, 15) is 14.7 Å². The van der Waals surface area contributed by atoms with Crippen LogP contribution in [0.15, 0.2) is 42.6 Å². The van der Waals surface area contributed by atoms with Crippen molar-refractivity contribution >= 4 is 11.9 Å². The highest BCUT2D eigenvalue weighted by Gasteiger charge is 2.38. The highest BCUT2D eigenvalue weighted by Crippen LogP contribution is 2.30. The summed E-state index contributed by atoms with van der Waals surface area (Å²) in [6.07, 6.45) is 5.84. The lowest BCUT2D eigenvalue weighted by Crippen LogP contribution is -2.47. The predicted molar refractivity (Wildman–Crippen MR) is 131 cm³/mol. The van der Waals surface area contributed by atoms with Gasteiger partial charge in [-0.2, -0.15) is 0 Å². The molecule has 9 nitrogen and oxygen atoms in total. The maximum absolute atomic E-state index is 13.1. The van der Waals surface area contributed by atoms with Crippen molar-refractivity contribution in [2.24, 2.45) is 0 Å². The van der Waals surface area contributed by atoms with Crippen LogP contribution in [0.2, 0.25) is 0 Å². The minimum absolute atomic E-state index is 0.108. The molecule has 0 spiro atoms. The van der Waals surface area contributed by atoms with Crippen LogP contribution < -0.4 is 14.8 Å². The fraction of sp³-hybridized carbons (Fsp3) is 0.519. The van der Waals surface area contributed by atoms with Gasteiger partial charge >= 0.3 is 5.97 Å². The zero-order chi connectivity index (χ0) is 25.5. The van der Waals surface area contributed by atoms with Gasteiger partial charge < -0.3 is 29.4 Å². The summed E-state index contributed by atoms with van der Waals surface area (Å²) in [4.78, 5) is 29.9. The number of nitrogens with zero attached hydrogens (tertiary/aromatic N) is 1. The summed E-state index contributed by atoms with van der Waals surface area (Å²) in [7, 11) is 1.38. The number of carbonyl (C=O) groups is 2. The Morgan fingerprint density at radius 1 is 1.08 bits per heavy atom. The molecule has 1 aliphatic heterocycles. The van der Waals surface area contributed by atoms with Crippen LogP contribution in [0.1, 0.15) is 62.4 Å². The van der Waals surface area contributed by atoms with Gasteiger partial charge in [0.15, 0.2) is 17.2 Å². The molecule has 1 aliphatic carbocycles.